The van der Waals surface area contributed by atoms with E-state index < -0.39 is 10.5 Å². The Labute approximate surface area is 112 Å². The summed E-state index contributed by atoms with van der Waals surface area (Å²) in [6.07, 6.45) is 0. The number of amides is 2. The van der Waals surface area contributed by atoms with Gasteiger partial charge in [0.2, 0.25) is 0 Å². The van der Waals surface area contributed by atoms with Crippen LogP contribution in [-0.4, -0.2) is 10.5 Å². The van der Waals surface area contributed by atoms with Crippen LogP contribution in [0.25, 0.3) is 0 Å². The molecule has 0 saturated carbocycles. The number of benzene rings is 1. The molecule has 15 heavy (non-hydrogen) atoms. The van der Waals surface area contributed by atoms with Crippen LogP contribution in [0, 0.1) is 0 Å². The number of hydrogen-bond acceptors (Lipinski definition) is 4. The van der Waals surface area contributed by atoms with Crippen LogP contribution >= 0.6 is 0 Å². The number of carbonyl (C=O) groups is 2. The van der Waals surface area contributed by atoms with Crippen molar-refractivity contribution in [1.82, 2.24) is 0 Å². The van der Waals surface area contributed by atoms with E-state index in [9.17, 15) is 0 Å². The molecule has 1 aromatic rings. The van der Waals surface area contributed by atoms with Gasteiger partial charge in [-0.25, -0.2) is 0 Å². The second kappa shape index (κ2) is 15.7. The first-order valence-electron chi connectivity index (χ1n) is 3.39. The van der Waals surface area contributed by atoms with Gasteiger partial charge in [-0.2, -0.15) is 0 Å². The topological polar surface area (TPSA) is 86.2 Å². The van der Waals surface area contributed by atoms with Gasteiger partial charge in [-0.15, -0.1) is 0 Å². The SMILES string of the molecule is NC(=O)[S-].NC(=O)[S-].[Zn+2].c1ccccc1. The van der Waals surface area contributed by atoms with Crippen LogP contribution in [0.4, 0.5) is 9.59 Å². The molecule has 78 valence electrons. The molecule has 0 fully saturated rings. The van der Waals surface area contributed by atoms with Crippen molar-refractivity contribution < 1.29 is 29.1 Å². The van der Waals surface area contributed by atoms with E-state index in [-0.39, 0.29) is 19.5 Å². The van der Waals surface area contributed by atoms with Crippen LogP contribution in [-0.2, 0) is 44.7 Å². The minimum atomic E-state index is -0.750. The summed E-state index contributed by atoms with van der Waals surface area (Å²) in [5.74, 6) is 0. The minimum Gasteiger partial charge on any atom is -0.719 e. The van der Waals surface area contributed by atoms with Crippen molar-refractivity contribution >= 4 is 35.7 Å². The van der Waals surface area contributed by atoms with Gasteiger partial charge in [0.15, 0.2) is 0 Å². The predicted molar refractivity (Wildman–Crippen MR) is 60.3 cm³/mol. The Morgan fingerprint density at radius 1 is 0.733 bits per heavy atom. The molecule has 0 aliphatic carbocycles. The molecular weight excluding hydrogens is 286 g/mol. The van der Waals surface area contributed by atoms with Crippen molar-refractivity contribution in [3.05, 3.63) is 36.4 Å². The summed E-state index contributed by atoms with van der Waals surface area (Å²) < 4.78 is 0. The van der Waals surface area contributed by atoms with Gasteiger partial charge < -0.3 is 46.3 Å². The van der Waals surface area contributed by atoms with E-state index in [2.05, 4.69) is 36.7 Å². The first-order valence-corrected chi connectivity index (χ1v) is 4.21. The fraction of sp³-hybridized carbons (Fsp3) is 0. The van der Waals surface area contributed by atoms with Crippen molar-refractivity contribution in [2.24, 2.45) is 11.5 Å². The molecule has 1 aromatic carbocycles. The maximum atomic E-state index is 9.04. The van der Waals surface area contributed by atoms with Gasteiger partial charge in [0.05, 0.1) is 10.5 Å². The molecular formula is C8H10N2O2S2Zn. The van der Waals surface area contributed by atoms with Crippen LogP contribution in [0.2, 0.25) is 0 Å². The van der Waals surface area contributed by atoms with E-state index in [1.165, 1.54) is 0 Å². The Hall–Kier alpha value is -0.777. The van der Waals surface area contributed by atoms with Gasteiger partial charge in [-0.05, 0) is 0 Å². The van der Waals surface area contributed by atoms with Crippen molar-refractivity contribution in [2.45, 2.75) is 0 Å². The van der Waals surface area contributed by atoms with Gasteiger partial charge in [0.1, 0.15) is 0 Å². The summed E-state index contributed by atoms with van der Waals surface area (Å²) in [5.41, 5.74) is 8.57. The van der Waals surface area contributed by atoms with Gasteiger partial charge in [-0.3, -0.25) is 0 Å². The fourth-order valence-corrected chi connectivity index (χ4v) is 0.385. The van der Waals surface area contributed by atoms with Gasteiger partial charge >= 0.3 is 19.5 Å². The summed E-state index contributed by atoms with van der Waals surface area (Å²) in [5, 5.41) is -1.50. The molecule has 7 heteroatoms. The first-order chi connectivity index (χ1) is 6.46. The molecule has 0 bridgehead atoms. The molecule has 0 aliphatic rings. The Bertz CT molecular complexity index is 213. The molecule has 0 aliphatic heterocycles. The van der Waals surface area contributed by atoms with Crippen LogP contribution < -0.4 is 11.5 Å². The second-order valence-electron chi connectivity index (χ2n) is 1.79. The number of hydrogen-bond donors (Lipinski definition) is 2. The maximum absolute atomic E-state index is 9.04. The molecule has 0 saturated heterocycles. The van der Waals surface area contributed by atoms with E-state index in [4.69, 9.17) is 9.59 Å². The minimum absolute atomic E-state index is 0. The molecule has 0 atom stereocenters. The summed E-state index contributed by atoms with van der Waals surface area (Å²) in [6, 6.07) is 12.0. The van der Waals surface area contributed by atoms with E-state index in [0.717, 1.165) is 0 Å². The van der Waals surface area contributed by atoms with Crippen molar-refractivity contribution in [3.8, 4) is 0 Å². The zero-order valence-electron chi connectivity index (χ0n) is 7.96. The molecule has 4 nitrogen and oxygen atoms in total. The Kier molecular flexibility index (Phi) is 20.6. The Morgan fingerprint density at radius 3 is 0.867 bits per heavy atom. The Balaban J connectivity index is -0.000000145. The third kappa shape index (κ3) is 61.1. The number of rotatable bonds is 0. The average molecular weight is 296 g/mol. The van der Waals surface area contributed by atoms with Crippen LogP contribution in [0.5, 0.6) is 0 Å². The van der Waals surface area contributed by atoms with Gasteiger partial charge in [0.25, 0.3) is 0 Å². The van der Waals surface area contributed by atoms with Crippen LogP contribution in [0.3, 0.4) is 0 Å². The third-order valence-corrected chi connectivity index (χ3v) is 0.667. The molecule has 1 rings (SSSR count). The third-order valence-electron chi connectivity index (χ3n) is 0.667. The number of nitrogens with two attached hydrogens (primary N) is 2. The predicted octanol–water partition coefficient (Wildman–Crippen LogP) is 0.908. The average Bonchev–Trinajstić information content (AvgIpc) is 2.05. The standard InChI is InChI=1S/C6H6.2CH3NOS.Zn/c1-2-4-6-5-3-1;2*2-1(3)4;/h1-6H;2*(H3,2,3,4);/q;;;+2/p-2. The largest absolute Gasteiger partial charge is 2.00 e. The van der Waals surface area contributed by atoms with Crippen molar-refractivity contribution in [1.29, 1.82) is 0 Å². The van der Waals surface area contributed by atoms with Crippen molar-refractivity contribution in [3.63, 3.8) is 0 Å². The molecule has 0 radical (unpaired) electrons. The summed E-state index contributed by atoms with van der Waals surface area (Å²) >= 11 is 7.52. The molecule has 0 unspecified atom stereocenters. The summed E-state index contributed by atoms with van der Waals surface area (Å²) in [6.45, 7) is 0. The fourth-order valence-electron chi connectivity index (χ4n) is 0.385. The molecule has 4 N–H and O–H groups in total. The van der Waals surface area contributed by atoms with E-state index in [0.29, 0.717) is 0 Å². The Morgan fingerprint density at radius 2 is 0.800 bits per heavy atom. The molecule has 2 amide bonds. The monoisotopic (exact) mass is 294 g/mol. The molecule has 0 aromatic heterocycles. The molecule has 0 spiro atoms. The first kappa shape index (κ1) is 19.7. The molecule has 0 heterocycles. The van der Waals surface area contributed by atoms with Crippen molar-refractivity contribution in [2.75, 3.05) is 0 Å². The van der Waals surface area contributed by atoms with E-state index in [1.54, 1.807) is 0 Å². The zero-order valence-corrected chi connectivity index (χ0v) is 12.6. The normalized spacial score (nSPS) is 6.40. The second-order valence-corrected chi connectivity index (χ2v) is 2.60. The van der Waals surface area contributed by atoms with Gasteiger partial charge in [-0.1, -0.05) is 36.4 Å². The quantitative estimate of drug-likeness (QED) is 0.550. The zero-order chi connectivity index (χ0) is 11.4. The van der Waals surface area contributed by atoms with Crippen LogP contribution in [0.1, 0.15) is 0 Å². The summed E-state index contributed by atoms with van der Waals surface area (Å²) in [7, 11) is 0. The maximum Gasteiger partial charge on any atom is 2.00 e. The number of primary amides is 2. The smallest absolute Gasteiger partial charge is 0.719 e. The van der Waals surface area contributed by atoms with Gasteiger partial charge in [0, 0.05) is 0 Å². The number of carbonyl (C=O) groups excluding carboxylic acids is 2. The van der Waals surface area contributed by atoms with E-state index in [1.807, 2.05) is 36.4 Å². The summed E-state index contributed by atoms with van der Waals surface area (Å²) in [4.78, 5) is 18.1. The van der Waals surface area contributed by atoms with E-state index >= 15 is 0 Å². The van der Waals surface area contributed by atoms with Crippen LogP contribution in [0.15, 0.2) is 36.4 Å².